The molecule has 1 N–H and O–H groups in total. The van der Waals surface area contributed by atoms with Gasteiger partial charge in [0, 0.05) is 6.21 Å². The molecular weight excluding hydrogens is 100 g/mol. The van der Waals surface area contributed by atoms with E-state index in [0.717, 1.165) is 0 Å². The number of allylic oxidation sites excluding steroid dienone is 1. The molecule has 0 bridgehead atoms. The number of aliphatic imine (C=N–C) groups is 1. The van der Waals surface area contributed by atoms with Crippen molar-refractivity contribution in [3.8, 4) is 0 Å². The topological polar surface area (TPSA) is 24.4 Å². The average molecular weight is 112 g/mol. The Hall–Kier alpha value is -0.790. The molecule has 1 aliphatic heterocycles. The third kappa shape index (κ3) is 1.78. The lowest BCUT2D eigenvalue weighted by Gasteiger charge is -2.06. The second kappa shape index (κ2) is 3.24. The molecule has 1 rings (SSSR count). The van der Waals surface area contributed by atoms with Crippen molar-refractivity contribution in [2.75, 3.05) is 0 Å². The molecule has 0 spiro atoms. The van der Waals surface area contributed by atoms with Crippen molar-refractivity contribution in [1.82, 2.24) is 5.32 Å². The van der Waals surface area contributed by atoms with Gasteiger partial charge in [-0.25, -0.2) is 0 Å². The minimum absolute atomic E-state index is 0. The van der Waals surface area contributed by atoms with Crippen LogP contribution in [0, 0.1) is 0 Å². The Kier molecular flexibility index (Phi) is 2.92. The molecule has 0 unspecified atom stereocenters. The van der Waals surface area contributed by atoms with Crippen molar-refractivity contribution in [2.45, 2.75) is 20.5 Å². The highest BCUT2D eigenvalue weighted by Crippen LogP contribution is 1.85. The smallest absolute Gasteiger partial charge is 0.115 e. The standard InChI is InChI=1S/C5H8N2.CH4/c1-5-6-3-2-4-7-5;/h2-6H,1H3;1H4/t5-;/m1./s1. The van der Waals surface area contributed by atoms with Crippen molar-refractivity contribution in [3.63, 3.8) is 0 Å². The fraction of sp³-hybridized carbons (Fsp3) is 0.500. The third-order valence-corrected chi connectivity index (χ3v) is 0.829. The van der Waals surface area contributed by atoms with Crippen LogP contribution in [0.25, 0.3) is 0 Å². The predicted molar refractivity (Wildman–Crippen MR) is 37.0 cm³/mol. The van der Waals surface area contributed by atoms with Crippen LogP contribution in [0.1, 0.15) is 14.4 Å². The average Bonchev–Trinajstić information content (AvgIpc) is 1.69. The normalized spacial score (nSPS) is 23.9. The van der Waals surface area contributed by atoms with Gasteiger partial charge in [-0.2, -0.15) is 0 Å². The quantitative estimate of drug-likeness (QED) is 0.499. The molecule has 0 saturated carbocycles. The van der Waals surface area contributed by atoms with Gasteiger partial charge >= 0.3 is 0 Å². The molecular formula is C6H12N2. The van der Waals surface area contributed by atoms with E-state index in [-0.39, 0.29) is 13.6 Å². The first kappa shape index (κ1) is 7.21. The Bertz CT molecular complexity index is 105. The van der Waals surface area contributed by atoms with Crippen molar-refractivity contribution in [2.24, 2.45) is 4.99 Å². The fourth-order valence-electron chi connectivity index (χ4n) is 0.460. The molecule has 0 aliphatic carbocycles. The summed E-state index contributed by atoms with van der Waals surface area (Å²) in [6.45, 7) is 2.00. The van der Waals surface area contributed by atoms with Gasteiger partial charge in [0.25, 0.3) is 0 Å². The summed E-state index contributed by atoms with van der Waals surface area (Å²) in [6, 6.07) is 0. The zero-order chi connectivity index (χ0) is 5.11. The summed E-state index contributed by atoms with van der Waals surface area (Å²) >= 11 is 0. The lowest BCUT2D eigenvalue weighted by atomic mass is 10.5. The Morgan fingerprint density at radius 2 is 2.38 bits per heavy atom. The Morgan fingerprint density at radius 1 is 1.62 bits per heavy atom. The first-order valence-electron chi connectivity index (χ1n) is 2.34. The zero-order valence-corrected chi connectivity index (χ0v) is 4.26. The monoisotopic (exact) mass is 112 g/mol. The van der Waals surface area contributed by atoms with Crippen LogP contribution in [0.5, 0.6) is 0 Å². The van der Waals surface area contributed by atoms with Gasteiger partial charge in [0.2, 0.25) is 0 Å². The number of hydrogen-bond acceptors (Lipinski definition) is 2. The molecule has 1 aliphatic rings. The molecule has 2 nitrogen and oxygen atoms in total. The summed E-state index contributed by atoms with van der Waals surface area (Å²) in [6.07, 6.45) is 5.82. The predicted octanol–water partition coefficient (Wildman–Crippen LogP) is 1.16. The Morgan fingerprint density at radius 3 is 2.62 bits per heavy atom. The van der Waals surface area contributed by atoms with E-state index in [2.05, 4.69) is 10.3 Å². The lowest BCUT2D eigenvalue weighted by Crippen LogP contribution is -2.19. The van der Waals surface area contributed by atoms with E-state index >= 15 is 0 Å². The highest BCUT2D eigenvalue weighted by Gasteiger charge is 1.91. The summed E-state index contributed by atoms with van der Waals surface area (Å²) in [5, 5.41) is 3.00. The lowest BCUT2D eigenvalue weighted by molar-refractivity contribution is 0.670. The molecule has 0 saturated heterocycles. The highest BCUT2D eigenvalue weighted by molar-refractivity contribution is 5.71. The van der Waals surface area contributed by atoms with Gasteiger partial charge < -0.3 is 5.32 Å². The minimum atomic E-state index is 0. The van der Waals surface area contributed by atoms with E-state index in [1.54, 1.807) is 6.21 Å². The summed E-state index contributed by atoms with van der Waals surface area (Å²) < 4.78 is 0. The van der Waals surface area contributed by atoms with Crippen molar-refractivity contribution >= 4 is 6.21 Å². The van der Waals surface area contributed by atoms with E-state index in [4.69, 9.17) is 0 Å². The molecule has 0 fully saturated rings. The van der Waals surface area contributed by atoms with Gasteiger partial charge in [-0.1, -0.05) is 7.43 Å². The van der Waals surface area contributed by atoms with Gasteiger partial charge in [0.05, 0.1) is 0 Å². The second-order valence-corrected chi connectivity index (χ2v) is 1.50. The molecule has 0 radical (unpaired) electrons. The van der Waals surface area contributed by atoms with Crippen LogP contribution in [0.15, 0.2) is 17.3 Å². The summed E-state index contributed by atoms with van der Waals surface area (Å²) in [7, 11) is 0. The molecule has 0 aromatic rings. The van der Waals surface area contributed by atoms with Crippen LogP contribution in [0.3, 0.4) is 0 Å². The zero-order valence-electron chi connectivity index (χ0n) is 4.26. The number of rotatable bonds is 0. The van der Waals surface area contributed by atoms with Crippen LogP contribution in [-0.4, -0.2) is 12.4 Å². The summed E-state index contributed by atoms with van der Waals surface area (Å²) in [5.41, 5.74) is 0. The maximum absolute atomic E-state index is 4.01. The van der Waals surface area contributed by atoms with Crippen LogP contribution in [0.2, 0.25) is 0 Å². The SMILES string of the molecule is C.C[C@H]1N=CC=CN1. The molecule has 1 atom stereocenters. The van der Waals surface area contributed by atoms with Gasteiger partial charge in [-0.05, 0) is 19.2 Å². The first-order valence-corrected chi connectivity index (χ1v) is 2.34. The molecule has 0 aromatic heterocycles. The van der Waals surface area contributed by atoms with Crippen LogP contribution < -0.4 is 5.32 Å². The maximum Gasteiger partial charge on any atom is 0.115 e. The van der Waals surface area contributed by atoms with Crippen LogP contribution in [0.4, 0.5) is 0 Å². The molecule has 2 heteroatoms. The number of hydrogen-bond donors (Lipinski definition) is 1. The molecule has 46 valence electrons. The molecule has 0 amide bonds. The maximum atomic E-state index is 4.01. The van der Waals surface area contributed by atoms with E-state index in [0.29, 0.717) is 0 Å². The molecule has 0 aromatic carbocycles. The summed E-state index contributed by atoms with van der Waals surface area (Å²) in [4.78, 5) is 4.01. The van der Waals surface area contributed by atoms with Gasteiger partial charge in [0.1, 0.15) is 6.17 Å². The van der Waals surface area contributed by atoms with E-state index < -0.39 is 0 Å². The largest absolute Gasteiger partial charge is 0.370 e. The Balaban J connectivity index is 0.000000490. The Labute approximate surface area is 50.3 Å². The first-order chi connectivity index (χ1) is 3.39. The van der Waals surface area contributed by atoms with E-state index in [1.165, 1.54) is 0 Å². The molecule has 1 heterocycles. The van der Waals surface area contributed by atoms with Gasteiger partial charge in [-0.15, -0.1) is 0 Å². The number of nitrogens with one attached hydrogen (secondary N) is 1. The second-order valence-electron chi connectivity index (χ2n) is 1.50. The van der Waals surface area contributed by atoms with Crippen molar-refractivity contribution in [3.05, 3.63) is 12.3 Å². The van der Waals surface area contributed by atoms with Gasteiger partial charge in [0.15, 0.2) is 0 Å². The van der Waals surface area contributed by atoms with Gasteiger partial charge in [-0.3, -0.25) is 4.99 Å². The number of nitrogens with zero attached hydrogens (tertiary/aromatic N) is 1. The van der Waals surface area contributed by atoms with Crippen molar-refractivity contribution < 1.29 is 0 Å². The molecule has 8 heavy (non-hydrogen) atoms. The van der Waals surface area contributed by atoms with Crippen LogP contribution in [-0.2, 0) is 0 Å². The van der Waals surface area contributed by atoms with E-state index in [9.17, 15) is 0 Å². The third-order valence-electron chi connectivity index (χ3n) is 0.829. The fourth-order valence-corrected chi connectivity index (χ4v) is 0.460. The summed E-state index contributed by atoms with van der Waals surface area (Å²) in [5.74, 6) is 0. The highest BCUT2D eigenvalue weighted by atomic mass is 15.0. The van der Waals surface area contributed by atoms with E-state index in [1.807, 2.05) is 19.2 Å². The van der Waals surface area contributed by atoms with Crippen LogP contribution >= 0.6 is 0 Å². The minimum Gasteiger partial charge on any atom is -0.370 e. The van der Waals surface area contributed by atoms with Crippen molar-refractivity contribution in [1.29, 1.82) is 0 Å².